The summed E-state index contributed by atoms with van der Waals surface area (Å²) in [5.41, 5.74) is 16.1. The summed E-state index contributed by atoms with van der Waals surface area (Å²) in [6, 6.07) is 17.9. The summed E-state index contributed by atoms with van der Waals surface area (Å²) < 4.78 is 0. The SMILES string of the molecule is CCCCCCCCC(N)(Cc1ccccn1)C(N)(Cc1ccccn1)Cc1ccccn1. The number of aromatic nitrogens is 3. The Kier molecular flexibility index (Phi) is 9.52. The second-order valence-electron chi connectivity index (χ2n) is 9.32. The van der Waals surface area contributed by atoms with Gasteiger partial charge in [-0.15, -0.1) is 0 Å². The maximum absolute atomic E-state index is 7.32. The molecule has 3 aromatic rings. The first kappa shape index (κ1) is 25.0. The molecule has 1 unspecified atom stereocenters. The van der Waals surface area contributed by atoms with Crippen molar-refractivity contribution < 1.29 is 0 Å². The smallest absolute Gasteiger partial charge is 0.0452 e. The zero-order valence-corrected chi connectivity index (χ0v) is 20.0. The number of nitrogens with two attached hydrogens (primary N) is 2. The molecule has 5 heteroatoms. The number of pyridine rings is 3. The lowest BCUT2D eigenvalue weighted by Gasteiger charge is -2.46. The fraction of sp³-hybridized carbons (Fsp3) is 0.464. The topological polar surface area (TPSA) is 90.7 Å². The summed E-state index contributed by atoms with van der Waals surface area (Å²) in [5.74, 6) is 0. The Morgan fingerprint density at radius 1 is 0.576 bits per heavy atom. The first-order chi connectivity index (χ1) is 16.0. The standard InChI is InChI=1S/C28H39N5/c1-2-3-4-5-6-10-17-27(29,21-24-14-7-11-18-31-24)28(30,22-25-15-8-12-19-32-25)23-26-16-9-13-20-33-26/h7-9,11-16,18-20H,2-6,10,17,21-23,29-30H2,1H3. The largest absolute Gasteiger partial charge is 0.323 e. The minimum atomic E-state index is -0.726. The van der Waals surface area contributed by atoms with E-state index < -0.39 is 11.1 Å². The highest BCUT2D eigenvalue weighted by atomic mass is 14.9. The molecule has 176 valence electrons. The van der Waals surface area contributed by atoms with Gasteiger partial charge in [-0.05, 0) is 42.8 Å². The first-order valence-electron chi connectivity index (χ1n) is 12.3. The fourth-order valence-electron chi connectivity index (χ4n) is 4.63. The zero-order valence-electron chi connectivity index (χ0n) is 20.0. The maximum atomic E-state index is 7.32. The zero-order chi connectivity index (χ0) is 23.4. The molecule has 4 N–H and O–H groups in total. The van der Waals surface area contributed by atoms with E-state index in [1.165, 1.54) is 32.1 Å². The molecular weight excluding hydrogens is 406 g/mol. The minimum Gasteiger partial charge on any atom is -0.323 e. The molecule has 0 aliphatic rings. The number of hydrogen-bond donors (Lipinski definition) is 2. The molecule has 0 radical (unpaired) electrons. The van der Waals surface area contributed by atoms with Crippen molar-refractivity contribution in [2.75, 3.05) is 0 Å². The maximum Gasteiger partial charge on any atom is 0.0452 e. The van der Waals surface area contributed by atoms with E-state index in [1.54, 1.807) is 0 Å². The molecule has 3 rings (SSSR count). The van der Waals surface area contributed by atoms with Crippen LogP contribution in [0.4, 0.5) is 0 Å². The van der Waals surface area contributed by atoms with E-state index in [4.69, 9.17) is 11.5 Å². The Morgan fingerprint density at radius 3 is 1.42 bits per heavy atom. The van der Waals surface area contributed by atoms with E-state index in [9.17, 15) is 0 Å². The molecule has 3 heterocycles. The van der Waals surface area contributed by atoms with Crippen LogP contribution in [-0.4, -0.2) is 26.0 Å². The van der Waals surface area contributed by atoms with Crippen LogP contribution < -0.4 is 11.5 Å². The molecule has 0 fully saturated rings. The van der Waals surface area contributed by atoms with Crippen molar-refractivity contribution in [3.05, 3.63) is 90.3 Å². The summed E-state index contributed by atoms with van der Waals surface area (Å²) in [7, 11) is 0. The number of hydrogen-bond acceptors (Lipinski definition) is 5. The van der Waals surface area contributed by atoms with Gasteiger partial charge in [0.05, 0.1) is 0 Å². The highest BCUT2D eigenvalue weighted by Gasteiger charge is 2.46. The van der Waals surface area contributed by atoms with E-state index in [2.05, 4.69) is 21.9 Å². The molecule has 0 spiro atoms. The van der Waals surface area contributed by atoms with Gasteiger partial charge in [-0.3, -0.25) is 15.0 Å². The van der Waals surface area contributed by atoms with E-state index in [0.29, 0.717) is 19.3 Å². The summed E-state index contributed by atoms with van der Waals surface area (Å²) in [6.45, 7) is 2.25. The van der Waals surface area contributed by atoms with Gasteiger partial charge in [0.15, 0.2) is 0 Å². The van der Waals surface area contributed by atoms with Crippen LogP contribution in [0.1, 0.15) is 69.0 Å². The third-order valence-electron chi connectivity index (χ3n) is 6.64. The van der Waals surface area contributed by atoms with Crippen LogP contribution in [0.25, 0.3) is 0 Å². The molecule has 0 amide bonds. The lowest BCUT2D eigenvalue weighted by Crippen LogP contribution is -2.69. The van der Waals surface area contributed by atoms with Crippen LogP contribution in [0.3, 0.4) is 0 Å². The summed E-state index contributed by atoms with van der Waals surface area (Å²) in [6.07, 6.45) is 15.4. The van der Waals surface area contributed by atoms with Gasteiger partial charge in [0, 0.05) is 66.0 Å². The lowest BCUT2D eigenvalue weighted by molar-refractivity contribution is 0.188. The molecule has 0 aliphatic heterocycles. The van der Waals surface area contributed by atoms with Gasteiger partial charge in [0.2, 0.25) is 0 Å². The van der Waals surface area contributed by atoms with Crippen LogP contribution >= 0.6 is 0 Å². The van der Waals surface area contributed by atoms with Crippen molar-refractivity contribution in [2.45, 2.75) is 82.2 Å². The molecule has 33 heavy (non-hydrogen) atoms. The Balaban J connectivity index is 1.90. The molecule has 0 aliphatic carbocycles. The minimum absolute atomic E-state index is 0.587. The van der Waals surface area contributed by atoms with Crippen molar-refractivity contribution >= 4 is 0 Å². The quantitative estimate of drug-likeness (QED) is 0.339. The van der Waals surface area contributed by atoms with Crippen molar-refractivity contribution in [3.63, 3.8) is 0 Å². The van der Waals surface area contributed by atoms with Crippen molar-refractivity contribution in [1.82, 2.24) is 15.0 Å². The van der Waals surface area contributed by atoms with Crippen LogP contribution in [0.5, 0.6) is 0 Å². The van der Waals surface area contributed by atoms with E-state index in [-0.39, 0.29) is 0 Å². The lowest BCUT2D eigenvalue weighted by atomic mass is 9.67. The van der Waals surface area contributed by atoms with Gasteiger partial charge in [-0.1, -0.05) is 63.6 Å². The van der Waals surface area contributed by atoms with Gasteiger partial charge in [0.25, 0.3) is 0 Å². The molecule has 0 saturated carbocycles. The van der Waals surface area contributed by atoms with Crippen LogP contribution in [0, 0.1) is 0 Å². The van der Waals surface area contributed by atoms with Gasteiger partial charge >= 0.3 is 0 Å². The number of rotatable bonds is 14. The Labute approximate surface area is 199 Å². The summed E-state index contributed by atoms with van der Waals surface area (Å²) in [4.78, 5) is 13.8. The normalized spacial score (nSPS) is 13.5. The predicted octanol–water partition coefficient (Wildman–Crippen LogP) is 5.05. The third-order valence-corrected chi connectivity index (χ3v) is 6.64. The highest BCUT2D eigenvalue weighted by Crippen LogP contribution is 2.33. The molecule has 1 atom stereocenters. The second kappa shape index (κ2) is 12.6. The van der Waals surface area contributed by atoms with Crippen LogP contribution in [0.2, 0.25) is 0 Å². The van der Waals surface area contributed by atoms with E-state index in [0.717, 1.165) is 29.9 Å². The average Bonchev–Trinajstić information content (AvgIpc) is 2.83. The average molecular weight is 446 g/mol. The van der Waals surface area contributed by atoms with Gasteiger partial charge < -0.3 is 11.5 Å². The van der Waals surface area contributed by atoms with Crippen molar-refractivity contribution in [3.8, 4) is 0 Å². The van der Waals surface area contributed by atoms with Crippen LogP contribution in [-0.2, 0) is 19.3 Å². The molecule has 3 aromatic heterocycles. The number of unbranched alkanes of at least 4 members (excludes halogenated alkanes) is 5. The molecule has 0 bridgehead atoms. The summed E-state index contributed by atoms with van der Waals surface area (Å²) in [5, 5.41) is 0. The third kappa shape index (κ3) is 7.44. The van der Waals surface area contributed by atoms with E-state index in [1.807, 2.05) is 73.2 Å². The van der Waals surface area contributed by atoms with Crippen LogP contribution in [0.15, 0.2) is 73.2 Å². The summed E-state index contributed by atoms with van der Waals surface area (Å²) >= 11 is 0. The second-order valence-corrected chi connectivity index (χ2v) is 9.32. The highest BCUT2D eigenvalue weighted by molar-refractivity contribution is 5.23. The number of nitrogens with zero attached hydrogens (tertiary/aromatic N) is 3. The molecule has 0 saturated heterocycles. The fourth-order valence-corrected chi connectivity index (χ4v) is 4.63. The Hall–Kier alpha value is -2.63. The predicted molar refractivity (Wildman–Crippen MR) is 136 cm³/mol. The van der Waals surface area contributed by atoms with Gasteiger partial charge in [0.1, 0.15) is 0 Å². The first-order valence-corrected chi connectivity index (χ1v) is 12.3. The van der Waals surface area contributed by atoms with Crippen molar-refractivity contribution in [1.29, 1.82) is 0 Å². The van der Waals surface area contributed by atoms with Crippen molar-refractivity contribution in [2.24, 2.45) is 11.5 Å². The molecular formula is C28H39N5. The van der Waals surface area contributed by atoms with E-state index >= 15 is 0 Å². The van der Waals surface area contributed by atoms with Gasteiger partial charge in [-0.2, -0.15) is 0 Å². The van der Waals surface area contributed by atoms with Gasteiger partial charge in [-0.25, -0.2) is 0 Å². The Morgan fingerprint density at radius 2 is 1.00 bits per heavy atom. The Bertz CT molecular complexity index is 875. The molecule has 5 nitrogen and oxygen atoms in total. The monoisotopic (exact) mass is 445 g/mol. The molecule has 0 aromatic carbocycles.